The van der Waals surface area contributed by atoms with Gasteiger partial charge in [0.25, 0.3) is 0 Å². The summed E-state index contributed by atoms with van der Waals surface area (Å²) in [6, 6.07) is 0. The number of carbonyl (C=O) groups is 1. The average molecular weight is 176 g/mol. The van der Waals surface area contributed by atoms with Crippen molar-refractivity contribution in [3.63, 3.8) is 0 Å². The van der Waals surface area contributed by atoms with Crippen LogP contribution >= 0.6 is 0 Å². The number of esters is 1. The Morgan fingerprint density at radius 1 is 1.64 bits per heavy atom. The second kappa shape index (κ2) is 3.98. The predicted molar refractivity (Wildman–Crippen MR) is 39.5 cm³/mol. The van der Waals surface area contributed by atoms with Crippen LogP contribution in [-0.2, 0) is 19.4 Å². The molecule has 0 atom stereocenters. The first-order chi connectivity index (χ1) is 5.02. The minimum Gasteiger partial charge on any atom is -0.468 e. The molecule has 5 heteroatoms. The lowest BCUT2D eigenvalue weighted by Crippen LogP contribution is -2.19. The number of hydrogen-bond acceptors (Lipinski definition) is 4. The van der Waals surface area contributed by atoms with Crippen LogP contribution in [-0.4, -0.2) is 33.0 Å². The van der Waals surface area contributed by atoms with Gasteiger partial charge >= 0.3 is 5.97 Å². The van der Waals surface area contributed by atoms with Gasteiger partial charge in [-0.15, -0.1) is 6.42 Å². The lowest BCUT2D eigenvalue weighted by Gasteiger charge is -1.97. The van der Waals surface area contributed by atoms with E-state index in [9.17, 15) is 13.2 Å². The maximum atomic E-state index is 10.8. The second-order valence-corrected chi connectivity index (χ2v) is 3.88. The van der Waals surface area contributed by atoms with Crippen LogP contribution in [0.15, 0.2) is 0 Å². The van der Waals surface area contributed by atoms with Crippen LogP contribution < -0.4 is 0 Å². The van der Waals surface area contributed by atoms with Crippen molar-refractivity contribution in [2.75, 3.05) is 18.6 Å². The molecule has 0 radical (unpaired) electrons. The number of ether oxygens (including phenoxy) is 1. The Morgan fingerprint density at radius 3 is 2.55 bits per heavy atom. The van der Waals surface area contributed by atoms with E-state index in [4.69, 9.17) is 6.42 Å². The smallest absolute Gasteiger partial charge is 0.320 e. The van der Waals surface area contributed by atoms with E-state index in [1.54, 1.807) is 0 Å². The summed E-state index contributed by atoms with van der Waals surface area (Å²) in [4.78, 5) is 10.4. The van der Waals surface area contributed by atoms with Gasteiger partial charge in [-0.25, -0.2) is 8.42 Å². The topological polar surface area (TPSA) is 60.4 Å². The van der Waals surface area contributed by atoms with E-state index in [0.29, 0.717) is 0 Å². The molecule has 0 bridgehead atoms. The van der Waals surface area contributed by atoms with E-state index in [0.717, 1.165) is 7.11 Å². The van der Waals surface area contributed by atoms with Crippen molar-refractivity contribution in [1.29, 1.82) is 0 Å². The lowest BCUT2D eigenvalue weighted by molar-refractivity contribution is -0.137. The molecular formula is C6H8O4S. The third kappa shape index (κ3) is 4.39. The monoisotopic (exact) mass is 176 g/mol. The Balaban J connectivity index is 4.17. The number of terminal acetylenes is 1. The fourth-order valence-electron chi connectivity index (χ4n) is 0.416. The highest BCUT2D eigenvalue weighted by Gasteiger charge is 2.14. The highest BCUT2D eigenvalue weighted by atomic mass is 32.2. The Morgan fingerprint density at radius 2 is 2.18 bits per heavy atom. The molecule has 0 rings (SSSR count). The number of rotatable bonds is 3. The number of sulfone groups is 1. The van der Waals surface area contributed by atoms with Crippen molar-refractivity contribution >= 4 is 15.8 Å². The van der Waals surface area contributed by atoms with Crippen molar-refractivity contribution in [3.8, 4) is 12.3 Å². The van der Waals surface area contributed by atoms with E-state index in [1.807, 2.05) is 5.92 Å². The molecule has 0 aliphatic carbocycles. The van der Waals surface area contributed by atoms with E-state index in [2.05, 4.69) is 4.74 Å². The van der Waals surface area contributed by atoms with Gasteiger partial charge in [0.2, 0.25) is 0 Å². The van der Waals surface area contributed by atoms with Crippen molar-refractivity contribution in [2.45, 2.75) is 0 Å². The van der Waals surface area contributed by atoms with Crippen LogP contribution in [0.5, 0.6) is 0 Å². The van der Waals surface area contributed by atoms with Gasteiger partial charge < -0.3 is 4.74 Å². The normalized spacial score (nSPS) is 10.2. The fraction of sp³-hybridized carbons (Fsp3) is 0.500. The molecule has 0 aromatic rings. The molecule has 0 aromatic carbocycles. The lowest BCUT2D eigenvalue weighted by atomic mass is 10.8. The Bertz CT molecular complexity index is 269. The molecule has 62 valence electrons. The van der Waals surface area contributed by atoms with Crippen LogP contribution in [0.25, 0.3) is 0 Å². The van der Waals surface area contributed by atoms with Gasteiger partial charge in [0, 0.05) is 0 Å². The standard InChI is InChI=1S/C6H8O4S/c1-3-4-11(8,9)5-6(7)10-2/h1H,4-5H2,2H3. The molecule has 0 aliphatic rings. The molecule has 0 aromatic heterocycles. The molecule has 11 heavy (non-hydrogen) atoms. The predicted octanol–water partition coefficient (Wildman–Crippen LogP) is -0.793. The van der Waals surface area contributed by atoms with Crippen molar-refractivity contribution < 1.29 is 17.9 Å². The molecule has 0 heterocycles. The number of carbonyl (C=O) groups excluding carboxylic acids is 1. The van der Waals surface area contributed by atoms with Crippen molar-refractivity contribution in [2.24, 2.45) is 0 Å². The summed E-state index contributed by atoms with van der Waals surface area (Å²) >= 11 is 0. The average Bonchev–Trinajstić information content (AvgIpc) is 1.86. The fourth-order valence-corrected chi connectivity index (χ4v) is 1.25. The van der Waals surface area contributed by atoms with Crippen LogP contribution in [0.4, 0.5) is 0 Å². The summed E-state index contributed by atoms with van der Waals surface area (Å²) in [6.07, 6.45) is 4.75. The van der Waals surface area contributed by atoms with E-state index in [1.165, 1.54) is 0 Å². The summed E-state index contributed by atoms with van der Waals surface area (Å²) in [5, 5.41) is 0. The molecule has 0 fully saturated rings. The maximum absolute atomic E-state index is 10.8. The Kier molecular flexibility index (Phi) is 3.61. The largest absolute Gasteiger partial charge is 0.468 e. The molecule has 0 unspecified atom stereocenters. The van der Waals surface area contributed by atoms with Gasteiger partial charge in [-0.1, -0.05) is 5.92 Å². The van der Waals surface area contributed by atoms with Crippen LogP contribution in [0.3, 0.4) is 0 Å². The SMILES string of the molecule is C#CCS(=O)(=O)CC(=O)OC. The van der Waals surface area contributed by atoms with Gasteiger partial charge in [-0.3, -0.25) is 4.79 Å². The summed E-state index contributed by atoms with van der Waals surface area (Å²) in [6.45, 7) is 0. The quantitative estimate of drug-likeness (QED) is 0.417. The first-order valence-electron chi connectivity index (χ1n) is 2.72. The van der Waals surface area contributed by atoms with Gasteiger partial charge in [-0.2, -0.15) is 0 Å². The van der Waals surface area contributed by atoms with Crippen molar-refractivity contribution in [1.82, 2.24) is 0 Å². The minimum atomic E-state index is -3.45. The molecule has 0 spiro atoms. The molecule has 0 amide bonds. The van der Waals surface area contributed by atoms with E-state index in [-0.39, 0.29) is 0 Å². The van der Waals surface area contributed by atoms with Crippen LogP contribution in [0.1, 0.15) is 0 Å². The van der Waals surface area contributed by atoms with Crippen LogP contribution in [0.2, 0.25) is 0 Å². The van der Waals surface area contributed by atoms with Crippen LogP contribution in [0, 0.1) is 12.3 Å². The minimum absolute atomic E-state index is 0.428. The van der Waals surface area contributed by atoms with Crippen molar-refractivity contribution in [3.05, 3.63) is 0 Å². The summed E-state index contributed by atoms with van der Waals surface area (Å²) in [5.41, 5.74) is 0. The highest BCUT2D eigenvalue weighted by molar-refractivity contribution is 7.92. The van der Waals surface area contributed by atoms with Gasteiger partial charge in [-0.05, 0) is 0 Å². The summed E-state index contributed by atoms with van der Waals surface area (Å²) in [5.74, 6) is 0.0766. The van der Waals surface area contributed by atoms with E-state index < -0.39 is 27.3 Å². The summed E-state index contributed by atoms with van der Waals surface area (Å²) in [7, 11) is -2.33. The molecule has 0 N–H and O–H groups in total. The first-order valence-corrected chi connectivity index (χ1v) is 4.54. The zero-order valence-electron chi connectivity index (χ0n) is 6.03. The third-order valence-corrected chi connectivity index (χ3v) is 2.15. The van der Waals surface area contributed by atoms with Gasteiger partial charge in [0.05, 0.1) is 7.11 Å². The molecule has 4 nitrogen and oxygen atoms in total. The summed E-state index contributed by atoms with van der Waals surface area (Å²) < 4.78 is 25.7. The zero-order valence-corrected chi connectivity index (χ0v) is 6.85. The Labute approximate surface area is 65.5 Å². The number of hydrogen-bond donors (Lipinski definition) is 0. The molecule has 0 saturated heterocycles. The van der Waals surface area contributed by atoms with Gasteiger partial charge in [0.15, 0.2) is 9.84 Å². The molecular weight excluding hydrogens is 168 g/mol. The molecule has 0 aliphatic heterocycles. The zero-order chi connectivity index (χ0) is 8.91. The van der Waals surface area contributed by atoms with Gasteiger partial charge in [0.1, 0.15) is 11.5 Å². The highest BCUT2D eigenvalue weighted by Crippen LogP contribution is 1.89. The molecule has 0 saturated carbocycles. The maximum Gasteiger partial charge on any atom is 0.320 e. The Hall–Kier alpha value is -1.02. The second-order valence-electron chi connectivity index (χ2n) is 1.81. The third-order valence-electron chi connectivity index (χ3n) is 0.869. The van der Waals surface area contributed by atoms with E-state index >= 15 is 0 Å². The number of methoxy groups -OCH3 is 1. The first kappa shape index (κ1) is 9.98.